The number of rotatable bonds is 4. The fourth-order valence-corrected chi connectivity index (χ4v) is 3.83. The molecule has 1 amide bonds. The smallest absolute Gasteiger partial charge is 0.410 e. The number of likely N-dealkylation sites (tertiary alicyclic amines) is 1. The number of amides is 1. The number of carbonyl (C=O) groups is 1. The van der Waals surface area contributed by atoms with Crippen LogP contribution in [0.4, 0.5) is 4.79 Å². The van der Waals surface area contributed by atoms with Crippen molar-refractivity contribution >= 4 is 17.1 Å². The Morgan fingerprint density at radius 1 is 1.19 bits per heavy atom. The highest BCUT2D eigenvalue weighted by molar-refractivity contribution is 5.72. The zero-order chi connectivity index (χ0) is 22.9. The number of hydrogen-bond donors (Lipinski definition) is 1. The molecule has 0 atom stereocenters. The lowest BCUT2D eigenvalue weighted by atomic mass is 9.96. The summed E-state index contributed by atoms with van der Waals surface area (Å²) in [5, 5.41) is 3.58. The van der Waals surface area contributed by atoms with Crippen LogP contribution < -0.4 is 10.3 Å². The van der Waals surface area contributed by atoms with Crippen molar-refractivity contribution < 1.29 is 14.3 Å². The largest absolute Gasteiger partial charge is 0.497 e. The van der Waals surface area contributed by atoms with Crippen LogP contribution in [0.25, 0.3) is 11.0 Å². The summed E-state index contributed by atoms with van der Waals surface area (Å²) in [5.74, 6) is 1.59. The van der Waals surface area contributed by atoms with E-state index in [4.69, 9.17) is 9.47 Å². The number of hydrogen-bond acceptors (Lipinski definition) is 6. The quantitative estimate of drug-likeness (QED) is 0.669. The van der Waals surface area contributed by atoms with Crippen molar-refractivity contribution in [2.45, 2.75) is 51.7 Å². The molecule has 0 aliphatic carbocycles. The molecule has 1 saturated heterocycles. The van der Waals surface area contributed by atoms with Gasteiger partial charge in [0, 0.05) is 25.2 Å². The molecule has 3 heterocycles. The third kappa shape index (κ3) is 4.76. The predicted octanol–water partition coefficient (Wildman–Crippen LogP) is 3.29. The highest BCUT2D eigenvalue weighted by atomic mass is 16.6. The Balaban J connectivity index is 1.46. The summed E-state index contributed by atoms with van der Waals surface area (Å²) < 4.78 is 12.2. The number of nitrogens with one attached hydrogen (secondary N) is 1. The maximum atomic E-state index is 12.7. The zero-order valence-electron chi connectivity index (χ0n) is 18.9. The van der Waals surface area contributed by atoms with Crippen molar-refractivity contribution in [2.75, 3.05) is 20.2 Å². The summed E-state index contributed by atoms with van der Waals surface area (Å²) in [6.45, 7) is 7.18. The summed E-state index contributed by atoms with van der Waals surface area (Å²) in [4.78, 5) is 35.9. The Morgan fingerprint density at radius 2 is 1.88 bits per heavy atom. The summed E-state index contributed by atoms with van der Waals surface area (Å²) in [5.41, 5.74) is 0.847. The van der Waals surface area contributed by atoms with E-state index >= 15 is 0 Å². The average molecular weight is 440 g/mol. The van der Waals surface area contributed by atoms with Crippen molar-refractivity contribution in [3.05, 3.63) is 52.2 Å². The van der Waals surface area contributed by atoms with Gasteiger partial charge in [-0.2, -0.15) is 0 Å². The second-order valence-corrected chi connectivity index (χ2v) is 9.08. The lowest BCUT2D eigenvalue weighted by Gasteiger charge is -2.32. The predicted molar refractivity (Wildman–Crippen MR) is 120 cm³/mol. The number of aromatic nitrogens is 4. The molecule has 1 aliphatic rings. The van der Waals surface area contributed by atoms with Gasteiger partial charge >= 0.3 is 6.09 Å². The number of H-pyrrole nitrogens is 1. The summed E-state index contributed by atoms with van der Waals surface area (Å²) in [7, 11) is 1.62. The minimum atomic E-state index is -0.507. The van der Waals surface area contributed by atoms with E-state index in [1.54, 1.807) is 18.2 Å². The first-order valence-electron chi connectivity index (χ1n) is 10.8. The highest BCUT2D eigenvalue weighted by Crippen LogP contribution is 2.27. The van der Waals surface area contributed by atoms with E-state index in [0.29, 0.717) is 36.5 Å². The molecule has 32 heavy (non-hydrogen) atoms. The van der Waals surface area contributed by atoms with E-state index in [2.05, 4.69) is 15.1 Å². The topological polar surface area (TPSA) is 102 Å². The van der Waals surface area contributed by atoms with E-state index in [9.17, 15) is 9.59 Å². The van der Waals surface area contributed by atoms with E-state index in [1.807, 2.05) is 45.0 Å². The first kappa shape index (κ1) is 21.9. The number of piperidine rings is 1. The summed E-state index contributed by atoms with van der Waals surface area (Å²) in [6.07, 6.45) is 2.82. The van der Waals surface area contributed by atoms with Crippen molar-refractivity contribution in [1.29, 1.82) is 0 Å². The molecule has 0 radical (unpaired) electrons. The maximum absolute atomic E-state index is 12.7. The molecule has 3 aromatic rings. The second-order valence-electron chi connectivity index (χ2n) is 9.08. The third-order valence-corrected chi connectivity index (χ3v) is 5.54. The van der Waals surface area contributed by atoms with Gasteiger partial charge in [0.15, 0.2) is 5.65 Å². The fraction of sp³-hybridized carbons (Fsp3) is 0.478. The van der Waals surface area contributed by atoms with Crippen LogP contribution in [-0.2, 0) is 11.3 Å². The number of fused-ring (bicyclic) bond motifs is 1. The number of ether oxygens (including phenoxy) is 2. The van der Waals surface area contributed by atoms with Crippen molar-refractivity contribution in [3.63, 3.8) is 0 Å². The lowest BCUT2D eigenvalue weighted by molar-refractivity contribution is 0.0203. The first-order valence-corrected chi connectivity index (χ1v) is 10.8. The maximum Gasteiger partial charge on any atom is 0.410 e. The number of nitrogens with zero attached hydrogens (tertiary/aromatic N) is 4. The van der Waals surface area contributed by atoms with Crippen LogP contribution in [-0.4, -0.2) is 56.5 Å². The van der Waals surface area contributed by atoms with Gasteiger partial charge in [0.2, 0.25) is 0 Å². The molecule has 170 valence electrons. The summed E-state index contributed by atoms with van der Waals surface area (Å²) >= 11 is 0. The van der Waals surface area contributed by atoms with Gasteiger partial charge in [0.25, 0.3) is 5.56 Å². The normalized spacial score (nSPS) is 15.2. The van der Waals surface area contributed by atoms with Crippen LogP contribution in [0.3, 0.4) is 0 Å². The van der Waals surface area contributed by atoms with Crippen LogP contribution in [0.15, 0.2) is 35.3 Å². The number of carbonyl (C=O) groups excluding carboxylic acids is 1. The molecule has 0 bridgehead atoms. The van der Waals surface area contributed by atoms with Gasteiger partial charge in [-0.25, -0.2) is 19.4 Å². The molecular formula is C23H29N5O4. The van der Waals surface area contributed by atoms with Crippen molar-refractivity contribution in [3.8, 4) is 5.75 Å². The minimum absolute atomic E-state index is 0.131. The second kappa shape index (κ2) is 8.64. The molecule has 1 aromatic carbocycles. The van der Waals surface area contributed by atoms with Crippen LogP contribution in [0.2, 0.25) is 0 Å². The molecule has 0 spiro atoms. The third-order valence-electron chi connectivity index (χ3n) is 5.54. The Kier molecular flexibility index (Phi) is 5.90. The van der Waals surface area contributed by atoms with Gasteiger partial charge in [-0.1, -0.05) is 12.1 Å². The molecule has 0 saturated carbocycles. The molecule has 4 rings (SSSR count). The lowest BCUT2D eigenvalue weighted by Crippen LogP contribution is -2.41. The van der Waals surface area contributed by atoms with E-state index in [1.165, 1.54) is 4.68 Å². The minimum Gasteiger partial charge on any atom is -0.497 e. The Morgan fingerprint density at radius 3 is 2.50 bits per heavy atom. The summed E-state index contributed by atoms with van der Waals surface area (Å²) in [6, 6.07) is 7.58. The Labute approximate surface area is 186 Å². The van der Waals surface area contributed by atoms with Crippen LogP contribution in [0.5, 0.6) is 5.75 Å². The molecule has 1 fully saturated rings. The van der Waals surface area contributed by atoms with E-state index in [0.717, 1.165) is 24.2 Å². The van der Waals surface area contributed by atoms with Crippen LogP contribution in [0.1, 0.15) is 50.9 Å². The van der Waals surface area contributed by atoms with E-state index < -0.39 is 5.60 Å². The molecule has 0 unspecified atom stereocenters. The molecule has 2 aromatic heterocycles. The number of benzene rings is 1. The van der Waals surface area contributed by atoms with E-state index in [-0.39, 0.29) is 17.6 Å². The average Bonchev–Trinajstić information content (AvgIpc) is 3.08. The molecule has 9 heteroatoms. The Hall–Kier alpha value is -3.36. The van der Waals surface area contributed by atoms with Gasteiger partial charge in [-0.05, 0) is 51.3 Å². The number of aromatic amines is 1. The van der Waals surface area contributed by atoms with Gasteiger partial charge in [-0.3, -0.25) is 9.89 Å². The highest BCUT2D eigenvalue weighted by Gasteiger charge is 2.29. The fourth-order valence-electron chi connectivity index (χ4n) is 3.83. The zero-order valence-corrected chi connectivity index (χ0v) is 18.9. The van der Waals surface area contributed by atoms with Gasteiger partial charge < -0.3 is 14.4 Å². The molecule has 1 aliphatic heterocycles. The van der Waals surface area contributed by atoms with Gasteiger partial charge in [0.1, 0.15) is 22.6 Å². The van der Waals surface area contributed by atoms with Gasteiger partial charge in [0.05, 0.1) is 13.7 Å². The van der Waals surface area contributed by atoms with Crippen molar-refractivity contribution in [2.24, 2.45) is 0 Å². The SMILES string of the molecule is COc1ccc(Cn2[nH]c3nc(C4CCN(C(=O)OC(C)(C)C)CC4)ncc3c2=O)cc1. The molecule has 9 nitrogen and oxygen atoms in total. The first-order chi connectivity index (χ1) is 15.2. The van der Waals surface area contributed by atoms with Crippen molar-refractivity contribution in [1.82, 2.24) is 24.6 Å². The monoisotopic (exact) mass is 439 g/mol. The Bertz CT molecular complexity index is 1150. The molecule has 1 N–H and O–H groups in total. The van der Waals surface area contributed by atoms with Crippen LogP contribution >= 0.6 is 0 Å². The van der Waals surface area contributed by atoms with Gasteiger partial charge in [-0.15, -0.1) is 0 Å². The number of methoxy groups -OCH3 is 1. The van der Waals surface area contributed by atoms with Crippen LogP contribution in [0, 0.1) is 0 Å². The standard InChI is InChI=1S/C23H29N5O4/c1-23(2,3)32-22(30)27-11-9-16(10-12-27)19-24-13-18-20(25-19)26-28(21(18)29)14-15-5-7-17(31-4)8-6-15/h5-8,13,16H,9-12,14H2,1-4H3,(H,24,25,26). The molecular weight excluding hydrogens is 410 g/mol.